The lowest BCUT2D eigenvalue weighted by Crippen LogP contribution is -2.19. The van der Waals surface area contributed by atoms with E-state index in [1.54, 1.807) is 11.3 Å². The molecule has 202 valence electrons. The number of fused-ring (bicyclic) bond motifs is 2. The first-order valence-corrected chi connectivity index (χ1v) is 13.3. The van der Waals surface area contributed by atoms with Gasteiger partial charge in [-0.1, -0.05) is 12.1 Å². The van der Waals surface area contributed by atoms with Gasteiger partial charge in [0.1, 0.15) is 17.2 Å². The fourth-order valence-corrected chi connectivity index (χ4v) is 5.41. The van der Waals surface area contributed by atoms with Crippen LogP contribution < -0.4 is 5.32 Å². The summed E-state index contributed by atoms with van der Waals surface area (Å²) in [5.74, 6) is 2.65. The van der Waals surface area contributed by atoms with Crippen LogP contribution in [0, 0.1) is 12.8 Å². The Kier molecular flexibility index (Phi) is 7.26. The molecule has 39 heavy (non-hydrogen) atoms. The summed E-state index contributed by atoms with van der Waals surface area (Å²) in [5, 5.41) is 13.6. The molecule has 0 unspecified atom stereocenters. The number of anilines is 1. The second-order valence-electron chi connectivity index (χ2n) is 9.56. The molecule has 0 aliphatic heterocycles. The van der Waals surface area contributed by atoms with Gasteiger partial charge in [0.15, 0.2) is 11.5 Å². The Morgan fingerprint density at radius 2 is 1.85 bits per heavy atom. The van der Waals surface area contributed by atoms with E-state index in [0.29, 0.717) is 35.6 Å². The number of hydrogen-bond acceptors (Lipinski definition) is 6. The molecule has 7 nitrogen and oxygen atoms in total. The van der Waals surface area contributed by atoms with Gasteiger partial charge in [0.25, 0.3) is 6.47 Å². The maximum atomic E-state index is 13.1. The van der Waals surface area contributed by atoms with Crippen molar-refractivity contribution in [2.75, 3.05) is 5.32 Å². The van der Waals surface area contributed by atoms with Crippen molar-refractivity contribution in [3.05, 3.63) is 70.9 Å². The number of halogens is 3. The van der Waals surface area contributed by atoms with Crippen molar-refractivity contribution in [2.45, 2.75) is 45.5 Å². The Morgan fingerprint density at radius 3 is 2.51 bits per heavy atom. The summed E-state index contributed by atoms with van der Waals surface area (Å²) < 4.78 is 42.6. The van der Waals surface area contributed by atoms with Gasteiger partial charge in [0.05, 0.1) is 5.56 Å². The third kappa shape index (κ3) is 5.73. The molecule has 5 aromatic rings. The standard InChI is InChI=1S/C27H24F3N5S.CH2O2/c1-15(18-5-6-18)31-24-23-25(33-16(2)32-24)34-26(20-7-10-22-19(13-20)11-12-36-22)35(23)14-17-3-8-21(9-4-17)27(28,29)30;2-1-3/h3-4,7-13,15,18H,5-6,14H2,1-2H3,(H,31,32,33);1H,(H,2,3)/t15-;/m1./s1. The normalized spacial score (nSPS) is 14.2. The van der Waals surface area contributed by atoms with Crippen molar-refractivity contribution >= 4 is 44.9 Å². The fourth-order valence-electron chi connectivity index (χ4n) is 4.64. The van der Waals surface area contributed by atoms with E-state index in [2.05, 4.69) is 40.8 Å². The van der Waals surface area contributed by atoms with Crippen LogP contribution in [-0.2, 0) is 17.5 Å². The largest absolute Gasteiger partial charge is 0.483 e. The first kappa shape index (κ1) is 26.6. The van der Waals surface area contributed by atoms with Crippen molar-refractivity contribution in [2.24, 2.45) is 5.92 Å². The van der Waals surface area contributed by atoms with Gasteiger partial charge in [-0.05, 0) is 85.3 Å². The van der Waals surface area contributed by atoms with Crippen molar-refractivity contribution in [3.8, 4) is 11.4 Å². The second-order valence-corrected chi connectivity index (χ2v) is 10.5. The summed E-state index contributed by atoms with van der Waals surface area (Å²) in [6.45, 7) is 4.09. The molecule has 0 bridgehead atoms. The number of imidazole rings is 1. The maximum Gasteiger partial charge on any atom is 0.416 e. The molecular formula is C28H26F3N5O2S. The fraction of sp³-hybridized carbons (Fsp3) is 0.286. The monoisotopic (exact) mass is 553 g/mol. The summed E-state index contributed by atoms with van der Waals surface area (Å²) >= 11 is 1.67. The quantitative estimate of drug-likeness (QED) is 0.220. The smallest absolute Gasteiger partial charge is 0.416 e. The van der Waals surface area contributed by atoms with E-state index in [1.807, 2.05) is 17.6 Å². The van der Waals surface area contributed by atoms with Crippen molar-refractivity contribution in [1.82, 2.24) is 19.5 Å². The molecule has 3 heterocycles. The lowest BCUT2D eigenvalue weighted by atomic mass is 10.1. The van der Waals surface area contributed by atoms with Crippen molar-refractivity contribution in [1.29, 1.82) is 0 Å². The molecule has 6 rings (SSSR count). The molecule has 1 saturated carbocycles. The van der Waals surface area contributed by atoms with Crippen molar-refractivity contribution in [3.63, 3.8) is 0 Å². The number of thiophene rings is 1. The molecule has 1 atom stereocenters. The molecule has 0 radical (unpaired) electrons. The van der Waals surface area contributed by atoms with Crippen LogP contribution in [0.4, 0.5) is 19.0 Å². The van der Waals surface area contributed by atoms with Crippen LogP contribution in [0.2, 0.25) is 0 Å². The molecule has 0 saturated heterocycles. The van der Waals surface area contributed by atoms with Gasteiger partial charge < -0.3 is 15.0 Å². The minimum atomic E-state index is -4.37. The zero-order valence-corrected chi connectivity index (χ0v) is 22.1. The molecule has 1 aliphatic rings. The number of aromatic nitrogens is 4. The lowest BCUT2D eigenvalue weighted by molar-refractivity contribution is -0.137. The van der Waals surface area contributed by atoms with Crippen LogP contribution in [0.15, 0.2) is 53.9 Å². The molecule has 1 aliphatic carbocycles. The highest BCUT2D eigenvalue weighted by molar-refractivity contribution is 7.17. The Labute approximate surface area is 226 Å². The molecule has 2 N–H and O–H groups in total. The predicted octanol–water partition coefficient (Wildman–Crippen LogP) is 6.99. The van der Waals surface area contributed by atoms with Crippen LogP contribution in [0.25, 0.3) is 32.6 Å². The van der Waals surface area contributed by atoms with Gasteiger partial charge >= 0.3 is 6.18 Å². The summed E-state index contributed by atoms with van der Waals surface area (Å²) in [6, 6.07) is 13.8. The van der Waals surface area contributed by atoms with E-state index in [-0.39, 0.29) is 12.5 Å². The van der Waals surface area contributed by atoms with E-state index in [4.69, 9.17) is 19.9 Å². The first-order chi connectivity index (χ1) is 18.7. The summed E-state index contributed by atoms with van der Waals surface area (Å²) in [5.41, 5.74) is 2.32. The Balaban J connectivity index is 0.000000983. The number of carbonyl (C=O) groups is 1. The SMILES string of the molecule is Cc1nc(N[C@H](C)C2CC2)c2c(n1)nc(-c1ccc3sccc3c1)n2Cc1ccc(C(F)(F)F)cc1.O=CO. The average molecular weight is 554 g/mol. The molecule has 11 heteroatoms. The van der Waals surface area contributed by atoms with Gasteiger partial charge in [0.2, 0.25) is 0 Å². The average Bonchev–Trinajstić information content (AvgIpc) is 3.54. The van der Waals surface area contributed by atoms with Gasteiger partial charge in [0, 0.05) is 22.8 Å². The van der Waals surface area contributed by atoms with E-state index in [0.717, 1.165) is 34.2 Å². The number of nitrogens with one attached hydrogen (secondary N) is 1. The summed E-state index contributed by atoms with van der Waals surface area (Å²) in [4.78, 5) is 22.6. The Morgan fingerprint density at radius 1 is 1.13 bits per heavy atom. The predicted molar refractivity (Wildman–Crippen MR) is 146 cm³/mol. The third-order valence-electron chi connectivity index (χ3n) is 6.74. The molecular weight excluding hydrogens is 527 g/mol. The highest BCUT2D eigenvalue weighted by Gasteiger charge is 2.31. The maximum absolute atomic E-state index is 13.1. The minimum absolute atomic E-state index is 0.250. The highest BCUT2D eigenvalue weighted by atomic mass is 32.1. The first-order valence-electron chi connectivity index (χ1n) is 12.4. The van der Waals surface area contributed by atoms with E-state index in [1.165, 1.54) is 29.7 Å². The minimum Gasteiger partial charge on any atom is -0.483 e. The van der Waals surface area contributed by atoms with E-state index in [9.17, 15) is 13.2 Å². The number of nitrogens with zero attached hydrogens (tertiary/aromatic N) is 4. The van der Waals surface area contributed by atoms with Crippen LogP contribution >= 0.6 is 11.3 Å². The van der Waals surface area contributed by atoms with Crippen LogP contribution in [-0.4, -0.2) is 37.1 Å². The number of alkyl halides is 3. The van der Waals surface area contributed by atoms with Gasteiger partial charge in [-0.25, -0.2) is 15.0 Å². The van der Waals surface area contributed by atoms with Crippen LogP contribution in [0.5, 0.6) is 0 Å². The summed E-state index contributed by atoms with van der Waals surface area (Å²) in [7, 11) is 0. The molecule has 3 aromatic heterocycles. The second kappa shape index (κ2) is 10.6. The van der Waals surface area contributed by atoms with Crippen molar-refractivity contribution < 1.29 is 23.1 Å². The molecule has 0 amide bonds. The van der Waals surface area contributed by atoms with Crippen LogP contribution in [0.3, 0.4) is 0 Å². The lowest BCUT2D eigenvalue weighted by Gasteiger charge is -2.17. The van der Waals surface area contributed by atoms with E-state index < -0.39 is 11.7 Å². The highest BCUT2D eigenvalue weighted by Crippen LogP contribution is 2.36. The molecule has 1 fully saturated rings. The van der Waals surface area contributed by atoms with E-state index >= 15 is 0 Å². The number of carboxylic acid groups (broad SMARTS) is 1. The Hall–Kier alpha value is -3.99. The number of benzene rings is 2. The number of hydrogen-bond donors (Lipinski definition) is 2. The Bertz CT molecular complexity index is 1620. The molecule has 2 aromatic carbocycles. The van der Waals surface area contributed by atoms with Gasteiger partial charge in [-0.3, -0.25) is 4.79 Å². The molecule has 0 spiro atoms. The van der Waals surface area contributed by atoms with Gasteiger partial charge in [-0.2, -0.15) is 13.2 Å². The summed E-state index contributed by atoms with van der Waals surface area (Å²) in [6.07, 6.45) is -1.99. The van der Waals surface area contributed by atoms with Gasteiger partial charge in [-0.15, -0.1) is 11.3 Å². The number of rotatable bonds is 6. The zero-order valence-electron chi connectivity index (χ0n) is 21.2. The third-order valence-corrected chi connectivity index (χ3v) is 7.64. The van der Waals surface area contributed by atoms with Crippen LogP contribution in [0.1, 0.15) is 36.7 Å². The zero-order chi connectivity index (χ0) is 27.7. The number of aryl methyl sites for hydroxylation is 1. The topological polar surface area (TPSA) is 92.9 Å².